The van der Waals surface area contributed by atoms with E-state index in [1.54, 1.807) is 0 Å². The Morgan fingerprint density at radius 2 is 1.89 bits per heavy atom. The van der Waals surface area contributed by atoms with E-state index in [1.807, 2.05) is 56.6 Å². The topological polar surface area (TPSA) is 59.9 Å². The highest BCUT2D eigenvalue weighted by Crippen LogP contribution is 2.13. The Kier molecular flexibility index (Phi) is 8.08. The minimum absolute atomic E-state index is 0. The van der Waals surface area contributed by atoms with Crippen LogP contribution in [0.25, 0.3) is 0 Å². The molecule has 3 rings (SSSR count). The molecule has 1 aliphatic heterocycles. The number of halogens is 1. The lowest BCUT2D eigenvalue weighted by atomic mass is 10.2. The maximum atomic E-state index is 4.45. The molecule has 0 bridgehead atoms. The van der Waals surface area contributed by atoms with Gasteiger partial charge in [-0.25, -0.2) is 9.97 Å². The van der Waals surface area contributed by atoms with Crippen LogP contribution >= 0.6 is 24.0 Å². The van der Waals surface area contributed by atoms with E-state index in [1.165, 1.54) is 5.56 Å². The Balaban J connectivity index is 0.00000261. The molecule has 1 fully saturated rings. The molecule has 3 heterocycles. The molecule has 146 valence electrons. The molecular weight excluding hydrogens is 453 g/mol. The molecule has 0 saturated carbocycles. The Hall–Kier alpha value is -2.10. The van der Waals surface area contributed by atoms with Gasteiger partial charge in [0.25, 0.3) is 0 Å². The quantitative estimate of drug-likeness (QED) is 0.410. The first-order valence-electron chi connectivity index (χ1n) is 8.91. The lowest BCUT2D eigenvalue weighted by Crippen LogP contribution is -2.52. The zero-order valence-electron chi connectivity index (χ0n) is 16.2. The van der Waals surface area contributed by atoms with Gasteiger partial charge >= 0.3 is 0 Å². The van der Waals surface area contributed by atoms with Crippen LogP contribution in [0.2, 0.25) is 0 Å². The van der Waals surface area contributed by atoms with E-state index in [9.17, 15) is 0 Å². The van der Waals surface area contributed by atoms with E-state index >= 15 is 0 Å². The van der Waals surface area contributed by atoms with Gasteiger partial charge < -0.3 is 20.0 Å². The molecule has 1 aliphatic rings. The highest BCUT2D eigenvalue weighted by molar-refractivity contribution is 14.0. The van der Waals surface area contributed by atoms with Crippen molar-refractivity contribution in [2.45, 2.75) is 6.54 Å². The molecule has 0 radical (unpaired) electrons. The fourth-order valence-electron chi connectivity index (χ4n) is 3.02. The molecule has 1 saturated heterocycles. The molecule has 1 N–H and O–H groups in total. The molecule has 2 aromatic heterocycles. The zero-order valence-corrected chi connectivity index (χ0v) is 18.5. The Bertz CT molecular complexity index is 728. The number of piperazine rings is 1. The predicted octanol–water partition coefficient (Wildman–Crippen LogP) is 2.06. The largest absolute Gasteiger partial charge is 0.363 e. The normalized spacial score (nSPS) is 14.6. The van der Waals surface area contributed by atoms with Gasteiger partial charge in [-0.05, 0) is 29.8 Å². The Morgan fingerprint density at radius 3 is 2.52 bits per heavy atom. The van der Waals surface area contributed by atoms with Gasteiger partial charge in [-0.2, -0.15) is 0 Å². The number of pyridine rings is 2. The van der Waals surface area contributed by atoms with Crippen LogP contribution in [0.5, 0.6) is 0 Å². The summed E-state index contributed by atoms with van der Waals surface area (Å²) in [6.45, 7) is 4.47. The fourth-order valence-corrected chi connectivity index (χ4v) is 3.02. The second-order valence-electron chi connectivity index (χ2n) is 6.48. The number of nitrogens with one attached hydrogen (secondary N) is 1. The average Bonchev–Trinajstić information content (AvgIpc) is 2.70. The summed E-state index contributed by atoms with van der Waals surface area (Å²) in [6, 6.07) is 10.2. The molecule has 27 heavy (non-hydrogen) atoms. The third kappa shape index (κ3) is 5.69. The third-order valence-corrected chi connectivity index (χ3v) is 4.48. The minimum atomic E-state index is 0. The molecule has 7 nitrogen and oxygen atoms in total. The van der Waals surface area contributed by atoms with Gasteiger partial charge in [0.05, 0.1) is 0 Å². The summed E-state index contributed by atoms with van der Waals surface area (Å²) in [5, 5.41) is 3.47. The minimum Gasteiger partial charge on any atom is -0.363 e. The third-order valence-electron chi connectivity index (χ3n) is 4.48. The lowest BCUT2D eigenvalue weighted by molar-refractivity contribution is 0.371. The summed E-state index contributed by atoms with van der Waals surface area (Å²) in [5.74, 6) is 2.94. The number of guanidine groups is 1. The molecule has 8 heteroatoms. The molecule has 0 atom stereocenters. The summed E-state index contributed by atoms with van der Waals surface area (Å²) in [7, 11) is 5.84. The van der Waals surface area contributed by atoms with Gasteiger partial charge in [-0.15, -0.1) is 24.0 Å². The van der Waals surface area contributed by atoms with Crippen LogP contribution in [0.15, 0.2) is 47.7 Å². The summed E-state index contributed by atoms with van der Waals surface area (Å²) in [6.07, 6.45) is 3.69. The van der Waals surface area contributed by atoms with Gasteiger partial charge in [0.1, 0.15) is 11.6 Å². The van der Waals surface area contributed by atoms with Crippen molar-refractivity contribution in [1.82, 2.24) is 20.2 Å². The van der Waals surface area contributed by atoms with Crippen LogP contribution in [-0.4, -0.2) is 68.1 Å². The standard InChI is InChI=1S/C19H27N7.HI/c1-20-19(23-15-16-7-9-22-18(14-16)24(2)3)26-12-10-25(11-13-26)17-6-4-5-8-21-17;/h4-9,14H,10-13,15H2,1-3H3,(H,20,23);1H. The van der Waals surface area contributed by atoms with Crippen molar-refractivity contribution in [2.24, 2.45) is 4.99 Å². The number of anilines is 2. The van der Waals surface area contributed by atoms with Gasteiger partial charge in [0.15, 0.2) is 5.96 Å². The fraction of sp³-hybridized carbons (Fsp3) is 0.421. The van der Waals surface area contributed by atoms with E-state index < -0.39 is 0 Å². The van der Waals surface area contributed by atoms with Crippen molar-refractivity contribution < 1.29 is 0 Å². The van der Waals surface area contributed by atoms with E-state index in [4.69, 9.17) is 0 Å². The van der Waals surface area contributed by atoms with Crippen molar-refractivity contribution >= 4 is 41.6 Å². The first kappa shape index (κ1) is 21.2. The lowest BCUT2D eigenvalue weighted by Gasteiger charge is -2.37. The molecule has 0 aromatic carbocycles. The highest BCUT2D eigenvalue weighted by atomic mass is 127. The van der Waals surface area contributed by atoms with Crippen LogP contribution in [0.4, 0.5) is 11.6 Å². The highest BCUT2D eigenvalue weighted by Gasteiger charge is 2.20. The molecule has 0 amide bonds. The Morgan fingerprint density at radius 1 is 1.11 bits per heavy atom. The van der Waals surface area contributed by atoms with Gasteiger partial charge in [0.2, 0.25) is 0 Å². The van der Waals surface area contributed by atoms with Crippen molar-refractivity contribution in [2.75, 3.05) is 57.1 Å². The summed E-state index contributed by atoms with van der Waals surface area (Å²) in [5.41, 5.74) is 1.19. The van der Waals surface area contributed by atoms with Crippen LogP contribution in [0.1, 0.15) is 5.56 Å². The van der Waals surface area contributed by atoms with E-state index in [-0.39, 0.29) is 24.0 Å². The summed E-state index contributed by atoms with van der Waals surface area (Å²) in [4.78, 5) is 19.9. The second kappa shape index (κ2) is 10.3. The number of rotatable bonds is 4. The van der Waals surface area contributed by atoms with Crippen molar-refractivity contribution in [3.8, 4) is 0 Å². The SMILES string of the molecule is CN=C(NCc1ccnc(N(C)C)c1)N1CCN(c2ccccn2)CC1.I. The van der Waals surface area contributed by atoms with E-state index in [2.05, 4.69) is 42.2 Å². The number of aromatic nitrogens is 2. The second-order valence-corrected chi connectivity index (χ2v) is 6.48. The van der Waals surface area contributed by atoms with Crippen molar-refractivity contribution in [3.05, 3.63) is 48.3 Å². The van der Waals surface area contributed by atoms with E-state index in [0.29, 0.717) is 0 Å². The van der Waals surface area contributed by atoms with Crippen LogP contribution < -0.4 is 15.1 Å². The van der Waals surface area contributed by atoms with Gasteiger partial charge in [-0.3, -0.25) is 4.99 Å². The first-order chi connectivity index (χ1) is 12.7. The smallest absolute Gasteiger partial charge is 0.194 e. The summed E-state index contributed by atoms with van der Waals surface area (Å²) >= 11 is 0. The Labute approximate surface area is 178 Å². The zero-order chi connectivity index (χ0) is 18.4. The molecule has 0 spiro atoms. The van der Waals surface area contributed by atoms with Crippen LogP contribution in [0.3, 0.4) is 0 Å². The molecule has 2 aromatic rings. The number of hydrogen-bond acceptors (Lipinski definition) is 5. The average molecular weight is 481 g/mol. The molecule has 0 unspecified atom stereocenters. The van der Waals surface area contributed by atoms with Crippen LogP contribution in [-0.2, 0) is 6.54 Å². The monoisotopic (exact) mass is 481 g/mol. The van der Waals surface area contributed by atoms with E-state index in [0.717, 1.165) is 50.3 Å². The van der Waals surface area contributed by atoms with Crippen molar-refractivity contribution in [3.63, 3.8) is 0 Å². The maximum absolute atomic E-state index is 4.45. The maximum Gasteiger partial charge on any atom is 0.194 e. The van der Waals surface area contributed by atoms with Gasteiger partial charge in [-0.1, -0.05) is 6.07 Å². The van der Waals surface area contributed by atoms with Crippen LogP contribution in [0, 0.1) is 0 Å². The number of hydrogen-bond donors (Lipinski definition) is 1. The predicted molar refractivity (Wildman–Crippen MR) is 122 cm³/mol. The van der Waals surface area contributed by atoms with Gasteiger partial charge in [0, 0.05) is 66.3 Å². The number of nitrogens with zero attached hydrogens (tertiary/aromatic N) is 6. The molecular formula is C19H28IN7. The molecule has 0 aliphatic carbocycles. The number of aliphatic imine (C=N–C) groups is 1. The van der Waals surface area contributed by atoms with Crippen molar-refractivity contribution in [1.29, 1.82) is 0 Å². The first-order valence-corrected chi connectivity index (χ1v) is 8.91. The summed E-state index contributed by atoms with van der Waals surface area (Å²) < 4.78 is 0.